The van der Waals surface area contributed by atoms with Crippen LogP contribution in [0.4, 0.5) is 0 Å². The predicted octanol–water partition coefficient (Wildman–Crippen LogP) is 3.50. The maximum Gasteiger partial charge on any atom is 0.197 e. The van der Waals surface area contributed by atoms with Crippen molar-refractivity contribution in [1.82, 2.24) is 0 Å². The van der Waals surface area contributed by atoms with Crippen molar-refractivity contribution in [3.8, 4) is 17.2 Å². The minimum Gasteiger partial charge on any atom is -0.507 e. The van der Waals surface area contributed by atoms with Gasteiger partial charge in [0, 0.05) is 23.3 Å². The Balaban J connectivity index is 2.49. The van der Waals surface area contributed by atoms with Crippen LogP contribution in [0.25, 0.3) is 5.76 Å². The summed E-state index contributed by atoms with van der Waals surface area (Å²) >= 11 is 0. The highest BCUT2D eigenvalue weighted by Gasteiger charge is 2.21. The molecular weight excluding hydrogens is 296 g/mol. The van der Waals surface area contributed by atoms with E-state index in [1.54, 1.807) is 37.3 Å². The molecule has 0 aromatic heterocycles. The van der Waals surface area contributed by atoms with Crippen molar-refractivity contribution in [1.29, 1.82) is 0 Å². The molecule has 5 heteroatoms. The number of allylic oxidation sites excluding steroid dienone is 1. The number of carbonyl (C=O) groups is 1. The SMILES string of the molecule is COc1cc(OC)c(C(=O)/C=C(\O)c2ccccc2)c(O)c1C. The quantitative estimate of drug-likeness (QED) is 0.502. The van der Waals surface area contributed by atoms with Crippen LogP contribution in [0.2, 0.25) is 0 Å². The van der Waals surface area contributed by atoms with Crippen LogP contribution in [0.15, 0.2) is 42.5 Å². The third kappa shape index (κ3) is 3.29. The second-order valence-corrected chi connectivity index (χ2v) is 4.89. The number of methoxy groups -OCH3 is 2. The molecule has 0 saturated carbocycles. The van der Waals surface area contributed by atoms with Gasteiger partial charge in [-0.2, -0.15) is 0 Å². The molecule has 120 valence electrons. The molecule has 0 heterocycles. The fourth-order valence-electron chi connectivity index (χ4n) is 2.22. The lowest BCUT2D eigenvalue weighted by Gasteiger charge is -2.14. The van der Waals surface area contributed by atoms with Crippen LogP contribution in [0.5, 0.6) is 17.2 Å². The first-order valence-corrected chi connectivity index (χ1v) is 6.94. The zero-order valence-corrected chi connectivity index (χ0v) is 13.2. The fourth-order valence-corrected chi connectivity index (χ4v) is 2.22. The second-order valence-electron chi connectivity index (χ2n) is 4.89. The Labute approximate surface area is 134 Å². The van der Waals surface area contributed by atoms with Crippen LogP contribution >= 0.6 is 0 Å². The zero-order chi connectivity index (χ0) is 17.0. The minimum atomic E-state index is -0.563. The van der Waals surface area contributed by atoms with Gasteiger partial charge in [-0.15, -0.1) is 0 Å². The molecule has 0 unspecified atom stereocenters. The number of ether oxygens (including phenoxy) is 2. The summed E-state index contributed by atoms with van der Waals surface area (Å²) < 4.78 is 10.3. The number of benzene rings is 2. The van der Waals surface area contributed by atoms with E-state index in [1.165, 1.54) is 20.3 Å². The molecule has 0 fully saturated rings. The lowest BCUT2D eigenvalue weighted by molar-refractivity contribution is 0.104. The number of rotatable bonds is 5. The number of phenolic OH excluding ortho intramolecular Hbond substituents is 1. The standard InChI is InChI=1S/C18H18O5/c1-11-15(22-2)10-16(23-3)17(18(11)21)14(20)9-13(19)12-7-5-4-6-8-12/h4-10,19,21H,1-3H3/b13-9-. The molecule has 5 nitrogen and oxygen atoms in total. The van der Waals surface area contributed by atoms with Gasteiger partial charge in [0.25, 0.3) is 0 Å². The Kier molecular flexibility index (Phi) is 4.91. The predicted molar refractivity (Wildman–Crippen MR) is 87.3 cm³/mol. The van der Waals surface area contributed by atoms with E-state index in [9.17, 15) is 15.0 Å². The van der Waals surface area contributed by atoms with Crippen LogP contribution in [-0.2, 0) is 0 Å². The van der Waals surface area contributed by atoms with E-state index < -0.39 is 5.78 Å². The average molecular weight is 314 g/mol. The van der Waals surface area contributed by atoms with Gasteiger partial charge in [-0.3, -0.25) is 4.79 Å². The van der Waals surface area contributed by atoms with E-state index >= 15 is 0 Å². The van der Waals surface area contributed by atoms with Crippen LogP contribution in [0, 0.1) is 6.92 Å². The molecule has 0 saturated heterocycles. The number of aromatic hydroxyl groups is 1. The second kappa shape index (κ2) is 6.87. The molecule has 0 aliphatic carbocycles. The van der Waals surface area contributed by atoms with E-state index in [0.29, 0.717) is 16.9 Å². The summed E-state index contributed by atoms with van der Waals surface area (Å²) in [6, 6.07) is 10.2. The zero-order valence-electron chi connectivity index (χ0n) is 13.2. The van der Waals surface area contributed by atoms with Crippen molar-refractivity contribution in [2.75, 3.05) is 14.2 Å². The number of phenols is 1. The Hall–Kier alpha value is -2.95. The maximum absolute atomic E-state index is 12.5. The Morgan fingerprint density at radius 3 is 2.26 bits per heavy atom. The van der Waals surface area contributed by atoms with E-state index in [0.717, 1.165) is 6.08 Å². The van der Waals surface area contributed by atoms with Gasteiger partial charge >= 0.3 is 0 Å². The number of hydrogen-bond donors (Lipinski definition) is 2. The molecule has 0 spiro atoms. The summed E-state index contributed by atoms with van der Waals surface area (Å²) in [5, 5.41) is 20.4. The first kappa shape index (κ1) is 16.4. The minimum absolute atomic E-state index is 0.0201. The lowest BCUT2D eigenvalue weighted by atomic mass is 10.0. The van der Waals surface area contributed by atoms with Gasteiger partial charge < -0.3 is 19.7 Å². The molecule has 0 aliphatic heterocycles. The van der Waals surface area contributed by atoms with Gasteiger partial charge in [0.2, 0.25) is 0 Å². The Morgan fingerprint density at radius 1 is 1.09 bits per heavy atom. The van der Waals surface area contributed by atoms with E-state index in [1.807, 2.05) is 0 Å². The first-order chi connectivity index (χ1) is 11.0. The number of carbonyl (C=O) groups excluding carboxylic acids is 1. The van der Waals surface area contributed by atoms with Crippen molar-refractivity contribution in [3.05, 3.63) is 59.2 Å². The smallest absolute Gasteiger partial charge is 0.197 e. The van der Waals surface area contributed by atoms with Crippen molar-refractivity contribution in [2.24, 2.45) is 0 Å². The van der Waals surface area contributed by atoms with E-state index in [-0.39, 0.29) is 22.8 Å². The molecule has 2 rings (SSSR count). The summed E-state index contributed by atoms with van der Waals surface area (Å²) in [6.45, 7) is 1.63. The highest BCUT2D eigenvalue weighted by atomic mass is 16.5. The van der Waals surface area contributed by atoms with Crippen molar-refractivity contribution in [3.63, 3.8) is 0 Å². The normalized spacial score (nSPS) is 11.2. The molecule has 0 atom stereocenters. The summed E-state index contributed by atoms with van der Waals surface area (Å²) in [7, 11) is 2.85. The average Bonchev–Trinajstić information content (AvgIpc) is 2.57. The lowest BCUT2D eigenvalue weighted by Crippen LogP contribution is -2.03. The number of aliphatic hydroxyl groups is 1. The molecule has 23 heavy (non-hydrogen) atoms. The van der Waals surface area contributed by atoms with Gasteiger partial charge in [0.1, 0.15) is 28.6 Å². The fraction of sp³-hybridized carbons (Fsp3) is 0.167. The molecule has 2 aromatic rings. The molecule has 2 N–H and O–H groups in total. The number of ketones is 1. The van der Waals surface area contributed by atoms with Gasteiger partial charge in [-0.05, 0) is 6.92 Å². The maximum atomic E-state index is 12.5. The third-order valence-electron chi connectivity index (χ3n) is 3.49. The summed E-state index contributed by atoms with van der Waals surface area (Å²) in [6.07, 6.45) is 1.05. The molecule has 0 radical (unpaired) electrons. The number of aliphatic hydroxyl groups excluding tert-OH is 1. The highest BCUT2D eigenvalue weighted by Crippen LogP contribution is 2.38. The van der Waals surface area contributed by atoms with Crippen LogP contribution in [0.3, 0.4) is 0 Å². The van der Waals surface area contributed by atoms with E-state index in [4.69, 9.17) is 9.47 Å². The van der Waals surface area contributed by atoms with Gasteiger partial charge in [0.05, 0.1) is 14.2 Å². The van der Waals surface area contributed by atoms with Crippen LogP contribution in [-0.4, -0.2) is 30.2 Å². The van der Waals surface area contributed by atoms with E-state index in [2.05, 4.69) is 0 Å². The first-order valence-electron chi connectivity index (χ1n) is 6.94. The third-order valence-corrected chi connectivity index (χ3v) is 3.49. The largest absolute Gasteiger partial charge is 0.507 e. The molecular formula is C18H18O5. The van der Waals surface area contributed by atoms with Crippen molar-refractivity contribution >= 4 is 11.5 Å². The van der Waals surface area contributed by atoms with Crippen LogP contribution in [0.1, 0.15) is 21.5 Å². The van der Waals surface area contributed by atoms with Gasteiger partial charge in [-0.25, -0.2) is 0 Å². The van der Waals surface area contributed by atoms with Gasteiger partial charge in [0.15, 0.2) is 5.78 Å². The number of hydrogen-bond acceptors (Lipinski definition) is 5. The summed E-state index contributed by atoms with van der Waals surface area (Å²) in [4.78, 5) is 12.5. The molecule has 0 amide bonds. The summed E-state index contributed by atoms with van der Waals surface area (Å²) in [5.41, 5.74) is 0.905. The Morgan fingerprint density at radius 2 is 1.70 bits per heavy atom. The monoisotopic (exact) mass is 314 g/mol. The highest BCUT2D eigenvalue weighted by molar-refractivity contribution is 6.11. The molecule has 2 aromatic carbocycles. The van der Waals surface area contributed by atoms with Crippen LogP contribution < -0.4 is 9.47 Å². The van der Waals surface area contributed by atoms with Crippen molar-refractivity contribution < 1.29 is 24.5 Å². The Bertz CT molecular complexity index is 748. The molecule has 0 aliphatic rings. The topological polar surface area (TPSA) is 76.0 Å². The van der Waals surface area contributed by atoms with Gasteiger partial charge in [-0.1, -0.05) is 30.3 Å². The van der Waals surface area contributed by atoms with Crippen molar-refractivity contribution in [2.45, 2.75) is 6.92 Å². The molecule has 0 bridgehead atoms. The summed E-state index contributed by atoms with van der Waals surface area (Å²) in [5.74, 6) is -0.403.